The summed E-state index contributed by atoms with van der Waals surface area (Å²) in [5.74, 6) is -0.472. The molecule has 3 N–H and O–H groups in total. The predicted octanol–water partition coefficient (Wildman–Crippen LogP) is -0.510. The molecule has 1 amide bonds. The number of aliphatic hydroxyl groups excluding tert-OH is 1. The van der Waals surface area contributed by atoms with Crippen LogP contribution in [0.5, 0.6) is 0 Å². The second kappa shape index (κ2) is 2.13. The van der Waals surface area contributed by atoms with E-state index in [0.717, 1.165) is 0 Å². The molecule has 0 aliphatic rings. The van der Waals surface area contributed by atoms with E-state index in [1.807, 2.05) is 0 Å². The summed E-state index contributed by atoms with van der Waals surface area (Å²) in [7, 11) is 0. The lowest BCUT2D eigenvalue weighted by molar-refractivity contribution is -0.127. The Morgan fingerprint density at radius 3 is 2.12 bits per heavy atom. The molecular formula is C5H11NO2. The first-order valence-electron chi connectivity index (χ1n) is 2.41. The van der Waals surface area contributed by atoms with Crippen LogP contribution < -0.4 is 5.73 Å². The van der Waals surface area contributed by atoms with Gasteiger partial charge in [-0.2, -0.15) is 0 Å². The van der Waals surface area contributed by atoms with Gasteiger partial charge in [0, 0.05) is 0 Å². The van der Waals surface area contributed by atoms with Crippen LogP contribution in [0.1, 0.15) is 13.8 Å². The lowest BCUT2D eigenvalue weighted by atomic mass is 9.94. The van der Waals surface area contributed by atoms with E-state index >= 15 is 0 Å². The van der Waals surface area contributed by atoms with Crippen LogP contribution >= 0.6 is 0 Å². The smallest absolute Gasteiger partial charge is 0.225 e. The Kier molecular flexibility index (Phi) is 1.98. The minimum Gasteiger partial charge on any atom is -0.395 e. The fourth-order valence-electron chi connectivity index (χ4n) is 0.0779. The third kappa shape index (κ3) is 1.50. The molecule has 0 heterocycles. The first kappa shape index (κ1) is 7.43. The van der Waals surface area contributed by atoms with Gasteiger partial charge in [-0.3, -0.25) is 4.79 Å². The van der Waals surface area contributed by atoms with Crippen molar-refractivity contribution in [1.82, 2.24) is 0 Å². The second-order valence-electron chi connectivity index (χ2n) is 2.41. The minimum atomic E-state index is -0.764. The van der Waals surface area contributed by atoms with E-state index in [0.29, 0.717) is 0 Å². The molecule has 0 aliphatic carbocycles. The second-order valence-corrected chi connectivity index (χ2v) is 2.41. The Labute approximate surface area is 48.5 Å². The number of hydrogen-bond donors (Lipinski definition) is 2. The van der Waals surface area contributed by atoms with Crippen molar-refractivity contribution in [1.29, 1.82) is 0 Å². The Morgan fingerprint density at radius 1 is 1.75 bits per heavy atom. The average Bonchev–Trinajstić information content (AvgIpc) is 1.67. The van der Waals surface area contributed by atoms with Gasteiger partial charge in [-0.15, -0.1) is 0 Å². The largest absolute Gasteiger partial charge is 0.395 e. The highest BCUT2D eigenvalue weighted by Gasteiger charge is 2.22. The number of nitrogens with two attached hydrogens (primary N) is 1. The first-order valence-corrected chi connectivity index (χ1v) is 2.41. The van der Waals surface area contributed by atoms with Gasteiger partial charge in [-0.05, 0) is 13.8 Å². The Balaban J connectivity index is 3.91. The van der Waals surface area contributed by atoms with E-state index in [1.54, 1.807) is 13.8 Å². The van der Waals surface area contributed by atoms with Crippen molar-refractivity contribution in [2.24, 2.45) is 11.1 Å². The molecule has 0 unspecified atom stereocenters. The maximum absolute atomic E-state index is 10.3. The summed E-state index contributed by atoms with van der Waals surface area (Å²) in [6, 6.07) is 0. The quantitative estimate of drug-likeness (QED) is 0.511. The van der Waals surface area contributed by atoms with E-state index in [9.17, 15) is 4.79 Å². The van der Waals surface area contributed by atoms with Gasteiger partial charge < -0.3 is 10.8 Å². The monoisotopic (exact) mass is 117 g/mol. The molecule has 0 saturated carbocycles. The average molecular weight is 117 g/mol. The topological polar surface area (TPSA) is 63.3 Å². The molecule has 3 heteroatoms. The van der Waals surface area contributed by atoms with Gasteiger partial charge in [0.2, 0.25) is 5.91 Å². The van der Waals surface area contributed by atoms with Gasteiger partial charge in [-0.1, -0.05) is 0 Å². The molecule has 0 radical (unpaired) electrons. The molecule has 0 bridgehead atoms. The third-order valence-corrected chi connectivity index (χ3v) is 1.06. The molecule has 8 heavy (non-hydrogen) atoms. The molecule has 0 fully saturated rings. The summed E-state index contributed by atoms with van der Waals surface area (Å²) in [5, 5.41) is 8.46. The lowest BCUT2D eigenvalue weighted by Crippen LogP contribution is -2.34. The van der Waals surface area contributed by atoms with Gasteiger partial charge in [0.1, 0.15) is 0 Å². The molecule has 0 aromatic carbocycles. The highest BCUT2D eigenvalue weighted by Crippen LogP contribution is 2.10. The Bertz CT molecular complexity index is 98.6. The molecule has 0 aromatic rings. The number of rotatable bonds is 2. The third-order valence-electron chi connectivity index (χ3n) is 1.06. The maximum Gasteiger partial charge on any atom is 0.225 e. The van der Waals surface area contributed by atoms with Gasteiger partial charge in [0.25, 0.3) is 0 Å². The van der Waals surface area contributed by atoms with Crippen molar-refractivity contribution in [3.63, 3.8) is 0 Å². The molecule has 0 spiro atoms. The van der Waals surface area contributed by atoms with Crippen LogP contribution in [0.25, 0.3) is 0 Å². The zero-order chi connectivity index (χ0) is 6.78. The summed E-state index contributed by atoms with van der Waals surface area (Å²) in [4.78, 5) is 10.3. The van der Waals surface area contributed by atoms with Gasteiger partial charge in [-0.25, -0.2) is 0 Å². The van der Waals surface area contributed by atoms with Crippen molar-refractivity contribution in [3.05, 3.63) is 0 Å². The van der Waals surface area contributed by atoms with Gasteiger partial charge in [0.15, 0.2) is 0 Å². The molecule has 0 rings (SSSR count). The molecule has 3 nitrogen and oxygen atoms in total. The predicted molar refractivity (Wildman–Crippen MR) is 30.1 cm³/mol. The minimum absolute atomic E-state index is 0.192. The Hall–Kier alpha value is -0.570. The molecule has 0 saturated heterocycles. The normalized spacial score (nSPS) is 11.4. The lowest BCUT2D eigenvalue weighted by Gasteiger charge is -2.15. The molecule has 0 aliphatic heterocycles. The SMILES string of the molecule is CC(C)(CO)C(N)=O. The number of amides is 1. The standard InChI is InChI=1S/C5H11NO2/c1-5(2,3-7)4(6)8/h7H,3H2,1-2H3,(H2,6,8). The number of aliphatic hydroxyl groups is 1. The summed E-state index contributed by atoms with van der Waals surface area (Å²) < 4.78 is 0. The van der Waals surface area contributed by atoms with Gasteiger partial charge in [0.05, 0.1) is 12.0 Å². The summed E-state index contributed by atoms with van der Waals surface area (Å²) in [5.41, 5.74) is 4.12. The van der Waals surface area contributed by atoms with Crippen molar-refractivity contribution < 1.29 is 9.90 Å². The molecular weight excluding hydrogens is 106 g/mol. The number of hydrogen-bond acceptors (Lipinski definition) is 2. The van der Waals surface area contributed by atoms with Crippen LogP contribution in [0.4, 0.5) is 0 Å². The fourth-order valence-corrected chi connectivity index (χ4v) is 0.0779. The van der Waals surface area contributed by atoms with Crippen LogP contribution in [0.15, 0.2) is 0 Å². The van der Waals surface area contributed by atoms with E-state index < -0.39 is 11.3 Å². The van der Waals surface area contributed by atoms with Crippen molar-refractivity contribution in [3.8, 4) is 0 Å². The summed E-state index contributed by atoms with van der Waals surface area (Å²) >= 11 is 0. The molecule has 0 atom stereocenters. The molecule has 0 aromatic heterocycles. The zero-order valence-corrected chi connectivity index (χ0v) is 5.14. The van der Waals surface area contributed by atoms with Crippen LogP contribution in [0.2, 0.25) is 0 Å². The number of carbonyl (C=O) groups is 1. The summed E-state index contributed by atoms with van der Waals surface area (Å²) in [6.45, 7) is 2.99. The Morgan fingerprint density at radius 2 is 2.12 bits per heavy atom. The zero-order valence-electron chi connectivity index (χ0n) is 5.14. The maximum atomic E-state index is 10.3. The number of carbonyl (C=O) groups excluding carboxylic acids is 1. The van der Waals surface area contributed by atoms with Crippen molar-refractivity contribution >= 4 is 5.91 Å². The van der Waals surface area contributed by atoms with E-state index in [1.165, 1.54) is 0 Å². The van der Waals surface area contributed by atoms with E-state index in [-0.39, 0.29) is 6.61 Å². The van der Waals surface area contributed by atoms with Crippen molar-refractivity contribution in [2.75, 3.05) is 6.61 Å². The van der Waals surface area contributed by atoms with Crippen molar-refractivity contribution in [2.45, 2.75) is 13.8 Å². The van der Waals surface area contributed by atoms with E-state index in [2.05, 4.69) is 0 Å². The molecule has 48 valence electrons. The summed E-state index contributed by atoms with van der Waals surface area (Å²) in [6.07, 6.45) is 0. The highest BCUT2D eigenvalue weighted by molar-refractivity contribution is 5.79. The van der Waals surface area contributed by atoms with Gasteiger partial charge >= 0.3 is 0 Å². The van der Waals surface area contributed by atoms with Crippen LogP contribution in [0.3, 0.4) is 0 Å². The van der Waals surface area contributed by atoms with E-state index in [4.69, 9.17) is 10.8 Å². The van der Waals surface area contributed by atoms with Crippen LogP contribution in [0, 0.1) is 5.41 Å². The number of primary amides is 1. The van der Waals surface area contributed by atoms with Crippen LogP contribution in [-0.2, 0) is 4.79 Å². The highest BCUT2D eigenvalue weighted by atomic mass is 16.3. The fraction of sp³-hybridized carbons (Fsp3) is 0.800. The first-order chi connectivity index (χ1) is 3.50. The van der Waals surface area contributed by atoms with Crippen LogP contribution in [-0.4, -0.2) is 17.6 Å².